The van der Waals surface area contributed by atoms with Gasteiger partial charge in [0.25, 0.3) is 5.56 Å². The van der Waals surface area contributed by atoms with E-state index in [1.807, 2.05) is 36.5 Å². The molecule has 29 heavy (non-hydrogen) atoms. The Labute approximate surface area is 168 Å². The van der Waals surface area contributed by atoms with E-state index in [4.69, 9.17) is 0 Å². The maximum absolute atomic E-state index is 12.5. The summed E-state index contributed by atoms with van der Waals surface area (Å²) in [7, 11) is 0. The highest BCUT2D eigenvalue weighted by Gasteiger charge is 2.27. The minimum atomic E-state index is -0.0796. The third-order valence-corrected chi connectivity index (χ3v) is 5.52. The van der Waals surface area contributed by atoms with Gasteiger partial charge in [0.15, 0.2) is 0 Å². The third-order valence-electron chi connectivity index (χ3n) is 5.52. The Kier molecular flexibility index (Phi) is 4.52. The Hall–Kier alpha value is -3.54. The first kappa shape index (κ1) is 17.6. The van der Waals surface area contributed by atoms with Gasteiger partial charge in [0, 0.05) is 53.9 Å². The smallest absolute Gasteiger partial charge is 0.266 e. The molecule has 0 bridgehead atoms. The highest BCUT2D eigenvalue weighted by molar-refractivity contribution is 5.91. The van der Waals surface area contributed by atoms with Crippen LogP contribution in [0.1, 0.15) is 12.8 Å². The predicted molar refractivity (Wildman–Crippen MR) is 114 cm³/mol. The van der Waals surface area contributed by atoms with E-state index >= 15 is 0 Å². The quantitative estimate of drug-likeness (QED) is 0.539. The van der Waals surface area contributed by atoms with Gasteiger partial charge in [-0.25, -0.2) is 4.68 Å². The molecule has 6 heteroatoms. The average molecular weight is 383 g/mol. The van der Waals surface area contributed by atoms with Gasteiger partial charge in [0.2, 0.25) is 0 Å². The number of para-hydroxylation sites is 1. The Morgan fingerprint density at radius 2 is 1.93 bits per heavy atom. The van der Waals surface area contributed by atoms with Crippen LogP contribution in [0.2, 0.25) is 0 Å². The van der Waals surface area contributed by atoms with Gasteiger partial charge in [-0.2, -0.15) is 5.10 Å². The van der Waals surface area contributed by atoms with E-state index in [2.05, 4.69) is 32.1 Å². The van der Waals surface area contributed by atoms with Gasteiger partial charge in [-0.05, 0) is 43.2 Å². The predicted octanol–water partition coefficient (Wildman–Crippen LogP) is 3.52. The second-order valence-corrected chi connectivity index (χ2v) is 7.32. The number of fused-ring (bicyclic) bond motifs is 1. The average Bonchev–Trinajstić information content (AvgIpc) is 3.23. The molecule has 1 fully saturated rings. The molecule has 1 atom stereocenters. The van der Waals surface area contributed by atoms with Crippen LogP contribution in [0.5, 0.6) is 0 Å². The summed E-state index contributed by atoms with van der Waals surface area (Å²) >= 11 is 0. The van der Waals surface area contributed by atoms with E-state index in [9.17, 15) is 4.79 Å². The first-order valence-corrected chi connectivity index (χ1v) is 9.88. The summed E-state index contributed by atoms with van der Waals surface area (Å²) in [6.07, 6.45) is 7.48. The number of rotatable bonds is 4. The van der Waals surface area contributed by atoms with Crippen LogP contribution in [0.3, 0.4) is 0 Å². The van der Waals surface area contributed by atoms with Gasteiger partial charge < -0.3 is 4.90 Å². The molecule has 0 N–H and O–H groups in total. The van der Waals surface area contributed by atoms with Crippen LogP contribution in [0.15, 0.2) is 78.0 Å². The summed E-state index contributed by atoms with van der Waals surface area (Å²) in [5, 5.41) is 5.77. The molecule has 1 unspecified atom stereocenters. The molecule has 6 nitrogen and oxygen atoms in total. The highest BCUT2D eigenvalue weighted by Crippen LogP contribution is 2.31. The molecule has 1 aliphatic rings. The SMILES string of the molecule is O=c1ccc(-c2cccnc2)nn1CC1CCCN1c1ccnc2ccccc12. The van der Waals surface area contributed by atoms with E-state index in [0.29, 0.717) is 6.54 Å². The van der Waals surface area contributed by atoms with Crippen LogP contribution in [-0.4, -0.2) is 32.3 Å². The summed E-state index contributed by atoms with van der Waals surface area (Å²) in [5.41, 5.74) is 3.75. The molecule has 0 amide bonds. The molecule has 0 saturated carbocycles. The molecule has 4 heterocycles. The maximum Gasteiger partial charge on any atom is 0.266 e. The van der Waals surface area contributed by atoms with Crippen molar-refractivity contribution in [1.29, 1.82) is 0 Å². The Bertz CT molecular complexity index is 1200. The molecule has 5 rings (SSSR count). The molecule has 1 aromatic carbocycles. The van der Waals surface area contributed by atoms with Crippen LogP contribution >= 0.6 is 0 Å². The number of pyridine rings is 2. The molecular formula is C23H21N5O. The van der Waals surface area contributed by atoms with Crippen molar-refractivity contribution in [3.63, 3.8) is 0 Å². The zero-order chi connectivity index (χ0) is 19.6. The number of anilines is 1. The van der Waals surface area contributed by atoms with E-state index in [1.54, 1.807) is 29.2 Å². The van der Waals surface area contributed by atoms with Crippen LogP contribution in [0.4, 0.5) is 5.69 Å². The molecule has 3 aromatic heterocycles. The van der Waals surface area contributed by atoms with Gasteiger partial charge in [0.1, 0.15) is 0 Å². The van der Waals surface area contributed by atoms with Crippen molar-refractivity contribution >= 4 is 16.6 Å². The normalized spacial score (nSPS) is 16.4. The van der Waals surface area contributed by atoms with Gasteiger partial charge in [-0.1, -0.05) is 18.2 Å². The second kappa shape index (κ2) is 7.47. The van der Waals surface area contributed by atoms with Gasteiger partial charge in [-0.3, -0.25) is 14.8 Å². The molecule has 0 aliphatic carbocycles. The van der Waals surface area contributed by atoms with Crippen molar-refractivity contribution in [3.05, 3.63) is 83.5 Å². The lowest BCUT2D eigenvalue weighted by Gasteiger charge is -2.28. The van der Waals surface area contributed by atoms with Crippen molar-refractivity contribution in [1.82, 2.24) is 19.7 Å². The van der Waals surface area contributed by atoms with Crippen molar-refractivity contribution in [2.24, 2.45) is 0 Å². The van der Waals surface area contributed by atoms with Gasteiger partial charge in [0.05, 0.1) is 17.8 Å². The zero-order valence-corrected chi connectivity index (χ0v) is 16.0. The minimum absolute atomic E-state index is 0.0796. The third kappa shape index (κ3) is 3.38. The summed E-state index contributed by atoms with van der Waals surface area (Å²) in [6, 6.07) is 17.7. The molecular weight excluding hydrogens is 362 g/mol. The molecule has 0 radical (unpaired) electrons. The molecule has 1 saturated heterocycles. The molecule has 1 aliphatic heterocycles. The molecule has 4 aromatic rings. The zero-order valence-electron chi connectivity index (χ0n) is 16.0. The topological polar surface area (TPSA) is 63.9 Å². The fraction of sp³-hybridized carbons (Fsp3) is 0.217. The largest absolute Gasteiger partial charge is 0.366 e. The first-order valence-electron chi connectivity index (χ1n) is 9.88. The van der Waals surface area contributed by atoms with E-state index in [-0.39, 0.29) is 11.6 Å². The number of aromatic nitrogens is 4. The van der Waals surface area contributed by atoms with Crippen molar-refractivity contribution in [2.75, 3.05) is 11.4 Å². The number of hydrogen-bond acceptors (Lipinski definition) is 5. The standard InChI is InChI=1S/C23H21N5O/c29-23-10-9-20(17-5-3-12-24-15-17)26-28(23)16-18-6-4-14-27(18)22-11-13-25-21-8-2-1-7-19(21)22/h1-3,5,7-13,15,18H,4,6,14,16H2. The summed E-state index contributed by atoms with van der Waals surface area (Å²) < 4.78 is 1.59. The van der Waals surface area contributed by atoms with E-state index in [1.165, 1.54) is 5.69 Å². The number of nitrogens with zero attached hydrogens (tertiary/aromatic N) is 5. The fourth-order valence-corrected chi connectivity index (χ4v) is 4.12. The Morgan fingerprint density at radius 1 is 1.00 bits per heavy atom. The van der Waals surface area contributed by atoms with E-state index < -0.39 is 0 Å². The maximum atomic E-state index is 12.5. The lowest BCUT2D eigenvalue weighted by atomic mass is 10.1. The summed E-state index contributed by atoms with van der Waals surface area (Å²) in [5.74, 6) is 0. The van der Waals surface area contributed by atoms with Crippen molar-refractivity contribution < 1.29 is 0 Å². The number of benzene rings is 1. The molecule has 144 valence electrons. The Morgan fingerprint density at radius 3 is 2.83 bits per heavy atom. The van der Waals surface area contributed by atoms with Gasteiger partial charge in [-0.15, -0.1) is 0 Å². The number of hydrogen-bond donors (Lipinski definition) is 0. The van der Waals surface area contributed by atoms with Crippen LogP contribution in [0, 0.1) is 0 Å². The minimum Gasteiger partial charge on any atom is -0.366 e. The second-order valence-electron chi connectivity index (χ2n) is 7.32. The fourth-order valence-electron chi connectivity index (χ4n) is 4.12. The lowest BCUT2D eigenvalue weighted by Crippen LogP contribution is -2.37. The van der Waals surface area contributed by atoms with Crippen LogP contribution < -0.4 is 10.5 Å². The lowest BCUT2D eigenvalue weighted by molar-refractivity contribution is 0.491. The molecule has 0 spiro atoms. The van der Waals surface area contributed by atoms with Crippen LogP contribution in [0.25, 0.3) is 22.2 Å². The van der Waals surface area contributed by atoms with Crippen molar-refractivity contribution in [2.45, 2.75) is 25.4 Å². The van der Waals surface area contributed by atoms with Crippen LogP contribution in [-0.2, 0) is 6.54 Å². The Balaban J connectivity index is 1.48. The van der Waals surface area contributed by atoms with Crippen molar-refractivity contribution in [3.8, 4) is 11.3 Å². The van der Waals surface area contributed by atoms with E-state index in [0.717, 1.165) is 41.5 Å². The first-order chi connectivity index (χ1) is 14.3. The highest BCUT2D eigenvalue weighted by atomic mass is 16.1. The monoisotopic (exact) mass is 383 g/mol. The van der Waals surface area contributed by atoms with Gasteiger partial charge >= 0.3 is 0 Å². The summed E-state index contributed by atoms with van der Waals surface area (Å²) in [6.45, 7) is 1.53. The summed E-state index contributed by atoms with van der Waals surface area (Å²) in [4.78, 5) is 23.5.